The standard InChI is InChI=1S/C37H45F3N8O3/c1-4-36(49)44-29-19-30(33(50-3)20-32(29)45-13-10-27(11-14-45)46-15-16-47(24(2)22-46)28-8-9-28)43-34-21-35(42-23-41-34)48-31(12-17-51-48)25-6-5-7-26(18-25)37(38,39)40/h4-7,18-21,23-24,27-28,31H,1,8-17,22H2,2-3H3,(H,44,49)(H,41,42,43)/t24-,31-/m1/s1. The summed E-state index contributed by atoms with van der Waals surface area (Å²) in [4.78, 5) is 34.9. The molecule has 1 amide bonds. The van der Waals surface area contributed by atoms with Gasteiger partial charge in [0.25, 0.3) is 0 Å². The summed E-state index contributed by atoms with van der Waals surface area (Å²) in [5, 5.41) is 7.79. The van der Waals surface area contributed by atoms with Crippen LogP contribution in [0.15, 0.2) is 61.4 Å². The Balaban J connectivity index is 1.08. The van der Waals surface area contributed by atoms with Gasteiger partial charge in [-0.05, 0) is 62.4 Å². The van der Waals surface area contributed by atoms with Crippen molar-refractivity contribution < 1.29 is 27.5 Å². The van der Waals surface area contributed by atoms with Gasteiger partial charge in [-0.15, -0.1) is 0 Å². The predicted molar refractivity (Wildman–Crippen MR) is 190 cm³/mol. The molecule has 4 heterocycles. The lowest BCUT2D eigenvalue weighted by Gasteiger charge is -2.46. The highest BCUT2D eigenvalue weighted by Crippen LogP contribution is 2.41. The van der Waals surface area contributed by atoms with Gasteiger partial charge < -0.3 is 20.3 Å². The summed E-state index contributed by atoms with van der Waals surface area (Å²) in [5.41, 5.74) is 1.78. The number of carbonyl (C=O) groups is 1. The third kappa shape index (κ3) is 7.77. The Morgan fingerprint density at radius 3 is 2.51 bits per heavy atom. The zero-order valence-electron chi connectivity index (χ0n) is 29.0. The Morgan fingerprint density at radius 1 is 1.00 bits per heavy atom. The van der Waals surface area contributed by atoms with Gasteiger partial charge in [0, 0.05) is 69.4 Å². The lowest BCUT2D eigenvalue weighted by atomic mass is 9.99. The largest absolute Gasteiger partial charge is 0.494 e. The van der Waals surface area contributed by atoms with E-state index in [1.54, 1.807) is 19.2 Å². The highest BCUT2D eigenvalue weighted by atomic mass is 19.4. The Labute approximate surface area is 296 Å². The van der Waals surface area contributed by atoms with Gasteiger partial charge >= 0.3 is 6.18 Å². The normalized spacial score (nSPS) is 22.2. The van der Waals surface area contributed by atoms with Crippen LogP contribution in [0.1, 0.15) is 56.2 Å². The average Bonchev–Trinajstić information content (AvgIpc) is 3.86. The molecular weight excluding hydrogens is 661 g/mol. The predicted octanol–water partition coefficient (Wildman–Crippen LogP) is 6.39. The van der Waals surface area contributed by atoms with E-state index in [-0.39, 0.29) is 5.91 Å². The first-order valence-corrected chi connectivity index (χ1v) is 17.7. The molecule has 2 N–H and O–H groups in total. The molecule has 1 aromatic heterocycles. The van der Waals surface area contributed by atoms with E-state index in [1.165, 1.54) is 36.4 Å². The minimum Gasteiger partial charge on any atom is -0.494 e. The number of methoxy groups -OCH3 is 1. The number of hydrogen-bond donors (Lipinski definition) is 2. The molecule has 0 spiro atoms. The number of aromatic nitrogens is 2. The fourth-order valence-electron chi connectivity index (χ4n) is 7.73. The minimum atomic E-state index is -4.45. The summed E-state index contributed by atoms with van der Waals surface area (Å²) >= 11 is 0. The number of piperazine rings is 1. The summed E-state index contributed by atoms with van der Waals surface area (Å²) in [7, 11) is 1.59. The number of piperidine rings is 1. The first-order valence-electron chi connectivity index (χ1n) is 17.7. The molecular formula is C37H45F3N8O3. The third-order valence-electron chi connectivity index (χ3n) is 10.5. The van der Waals surface area contributed by atoms with Crippen LogP contribution in [0.4, 0.5) is 41.9 Å². The molecule has 7 rings (SSSR count). The fraction of sp³-hybridized carbons (Fsp3) is 0.486. The summed E-state index contributed by atoms with van der Waals surface area (Å²) in [6.45, 7) is 11.4. The molecule has 1 saturated carbocycles. The second kappa shape index (κ2) is 14.7. The molecule has 51 heavy (non-hydrogen) atoms. The Hall–Kier alpha value is -4.40. The van der Waals surface area contributed by atoms with Crippen LogP contribution in [0.25, 0.3) is 0 Å². The zero-order valence-corrected chi connectivity index (χ0v) is 29.0. The molecule has 4 fully saturated rings. The first kappa shape index (κ1) is 35.0. The SMILES string of the molecule is C=CC(=O)Nc1cc(Nc2cc(N3OCC[C@@H]3c3cccc(C(F)(F)F)c3)ncn2)c(OC)cc1N1CCC(N2CCN(C3CC3)[C@H](C)C2)CC1. The van der Waals surface area contributed by atoms with Gasteiger partial charge in [0.15, 0.2) is 5.82 Å². The number of amides is 1. The monoisotopic (exact) mass is 706 g/mol. The van der Waals surface area contributed by atoms with E-state index in [0.717, 1.165) is 69.4 Å². The highest BCUT2D eigenvalue weighted by molar-refractivity contribution is 6.02. The number of hydrogen-bond acceptors (Lipinski definition) is 10. The average molecular weight is 707 g/mol. The number of rotatable bonds is 10. The van der Waals surface area contributed by atoms with Crippen molar-refractivity contribution in [1.29, 1.82) is 0 Å². The van der Waals surface area contributed by atoms with Crippen molar-refractivity contribution >= 4 is 34.6 Å². The molecule has 3 aromatic rings. The number of benzene rings is 2. The van der Waals surface area contributed by atoms with Crippen molar-refractivity contribution in [1.82, 2.24) is 19.8 Å². The first-order chi connectivity index (χ1) is 24.6. The van der Waals surface area contributed by atoms with E-state index in [2.05, 4.69) is 48.8 Å². The van der Waals surface area contributed by atoms with Crippen LogP contribution in [0, 0.1) is 0 Å². The van der Waals surface area contributed by atoms with Crippen LogP contribution in [0.5, 0.6) is 5.75 Å². The van der Waals surface area contributed by atoms with Crippen LogP contribution in [0.3, 0.4) is 0 Å². The van der Waals surface area contributed by atoms with Gasteiger partial charge in [-0.2, -0.15) is 13.2 Å². The fourth-order valence-corrected chi connectivity index (χ4v) is 7.73. The molecule has 2 aromatic carbocycles. The molecule has 3 saturated heterocycles. The van der Waals surface area contributed by atoms with Crippen molar-refractivity contribution in [3.8, 4) is 5.75 Å². The molecule has 1 aliphatic carbocycles. The number of carbonyl (C=O) groups excluding carboxylic acids is 1. The van der Waals surface area contributed by atoms with Crippen molar-refractivity contribution in [3.63, 3.8) is 0 Å². The molecule has 0 radical (unpaired) electrons. The molecule has 0 bridgehead atoms. The number of ether oxygens (including phenoxy) is 1. The Kier molecular flexibility index (Phi) is 10.1. The van der Waals surface area contributed by atoms with Gasteiger partial charge in [0.1, 0.15) is 17.9 Å². The number of halogens is 3. The number of alkyl halides is 3. The van der Waals surface area contributed by atoms with Gasteiger partial charge in [0.2, 0.25) is 5.91 Å². The van der Waals surface area contributed by atoms with Crippen molar-refractivity contribution in [2.24, 2.45) is 0 Å². The molecule has 272 valence electrons. The lowest BCUT2D eigenvalue weighted by molar-refractivity contribution is -0.137. The van der Waals surface area contributed by atoms with Crippen LogP contribution in [-0.4, -0.2) is 90.2 Å². The van der Waals surface area contributed by atoms with Crippen LogP contribution in [-0.2, 0) is 15.8 Å². The minimum absolute atomic E-state index is 0.322. The summed E-state index contributed by atoms with van der Waals surface area (Å²) in [6, 6.07) is 12.1. The number of nitrogens with one attached hydrogen (secondary N) is 2. The van der Waals surface area contributed by atoms with E-state index in [0.29, 0.717) is 59.4 Å². The lowest BCUT2D eigenvalue weighted by Crippen LogP contribution is -2.57. The van der Waals surface area contributed by atoms with E-state index in [1.807, 2.05) is 12.1 Å². The summed E-state index contributed by atoms with van der Waals surface area (Å²) in [5.74, 6) is 1.01. The van der Waals surface area contributed by atoms with Crippen LogP contribution >= 0.6 is 0 Å². The Bertz CT molecular complexity index is 1730. The second-order valence-electron chi connectivity index (χ2n) is 13.8. The maximum absolute atomic E-state index is 13.5. The van der Waals surface area contributed by atoms with E-state index < -0.39 is 17.8 Å². The quantitative estimate of drug-likeness (QED) is 0.231. The van der Waals surface area contributed by atoms with Gasteiger partial charge in [-0.3, -0.25) is 19.4 Å². The van der Waals surface area contributed by atoms with Gasteiger partial charge in [0.05, 0.1) is 42.4 Å². The van der Waals surface area contributed by atoms with Gasteiger partial charge in [-0.1, -0.05) is 18.7 Å². The van der Waals surface area contributed by atoms with Crippen molar-refractivity contribution in [2.45, 2.75) is 69.4 Å². The third-order valence-corrected chi connectivity index (χ3v) is 10.5. The molecule has 3 aliphatic heterocycles. The van der Waals surface area contributed by atoms with E-state index in [9.17, 15) is 18.0 Å². The maximum atomic E-state index is 13.5. The zero-order chi connectivity index (χ0) is 35.7. The molecule has 4 aliphatic rings. The number of anilines is 5. The Morgan fingerprint density at radius 2 is 1.80 bits per heavy atom. The van der Waals surface area contributed by atoms with Crippen molar-refractivity contribution in [2.75, 3.05) is 67.0 Å². The van der Waals surface area contributed by atoms with Crippen LogP contribution < -0.4 is 25.3 Å². The number of hydroxylamine groups is 1. The molecule has 14 heteroatoms. The number of nitrogens with zero attached hydrogens (tertiary/aromatic N) is 6. The summed E-state index contributed by atoms with van der Waals surface area (Å²) in [6.07, 6.45) is 3.36. The smallest absolute Gasteiger partial charge is 0.416 e. The van der Waals surface area contributed by atoms with Crippen molar-refractivity contribution in [3.05, 3.63) is 72.6 Å². The molecule has 2 atom stereocenters. The van der Waals surface area contributed by atoms with Gasteiger partial charge in [-0.25, -0.2) is 15.0 Å². The molecule has 0 unspecified atom stereocenters. The molecule has 11 nitrogen and oxygen atoms in total. The summed E-state index contributed by atoms with van der Waals surface area (Å²) < 4.78 is 46.2. The topological polar surface area (TPSA) is 98.3 Å². The second-order valence-corrected chi connectivity index (χ2v) is 13.8. The van der Waals surface area contributed by atoms with E-state index in [4.69, 9.17) is 9.57 Å². The maximum Gasteiger partial charge on any atom is 0.416 e. The highest BCUT2D eigenvalue weighted by Gasteiger charge is 2.38. The van der Waals surface area contributed by atoms with Crippen LogP contribution in [0.2, 0.25) is 0 Å². The van der Waals surface area contributed by atoms with E-state index >= 15 is 0 Å².